The third-order valence-corrected chi connectivity index (χ3v) is 6.47. The van der Waals surface area contributed by atoms with Crippen molar-refractivity contribution in [3.8, 4) is 0 Å². The smallest absolute Gasteiger partial charge is 0.261 e. The van der Waals surface area contributed by atoms with E-state index in [0.717, 1.165) is 10.5 Å². The summed E-state index contributed by atoms with van der Waals surface area (Å²) >= 11 is 0. The van der Waals surface area contributed by atoms with Crippen LogP contribution in [0.5, 0.6) is 0 Å². The molecule has 0 bridgehead atoms. The molecule has 148 valence electrons. The summed E-state index contributed by atoms with van der Waals surface area (Å²) in [7, 11) is 1.44. The molecule has 3 aromatic rings. The van der Waals surface area contributed by atoms with E-state index < -0.39 is 17.7 Å². The maximum absolute atomic E-state index is 13.6. The van der Waals surface area contributed by atoms with Crippen molar-refractivity contribution in [2.45, 2.75) is 19.3 Å². The monoisotopic (exact) mass is 397 g/mol. The number of hydrogen-bond acceptors (Lipinski definition) is 4. The van der Waals surface area contributed by atoms with Crippen molar-refractivity contribution < 1.29 is 19.2 Å². The van der Waals surface area contributed by atoms with E-state index in [-0.39, 0.29) is 23.9 Å². The first kappa shape index (κ1) is 18.4. The Kier molecular flexibility index (Phi) is 3.97. The number of imide groups is 1. The van der Waals surface area contributed by atoms with Crippen LogP contribution in [-0.4, -0.2) is 35.3 Å². The quantitative estimate of drug-likeness (QED) is 0.606. The first-order valence-corrected chi connectivity index (χ1v) is 9.94. The summed E-state index contributed by atoms with van der Waals surface area (Å²) in [5.74, 6) is -1.77. The van der Waals surface area contributed by atoms with Gasteiger partial charge in [0.15, 0.2) is 11.6 Å². The van der Waals surface area contributed by atoms with Gasteiger partial charge >= 0.3 is 0 Å². The Hall–Kier alpha value is -3.60. The molecular formula is C25H19NO4. The van der Waals surface area contributed by atoms with Gasteiger partial charge < -0.3 is 0 Å². The molecule has 0 N–H and O–H groups in total. The second kappa shape index (κ2) is 6.46. The normalized spacial score (nSPS) is 19.3. The van der Waals surface area contributed by atoms with E-state index in [1.165, 1.54) is 7.05 Å². The van der Waals surface area contributed by atoms with Crippen molar-refractivity contribution >= 4 is 34.2 Å². The van der Waals surface area contributed by atoms with Crippen molar-refractivity contribution in [2.75, 3.05) is 7.05 Å². The number of carbonyl (C=O) groups is 4. The van der Waals surface area contributed by atoms with Gasteiger partial charge in [0.2, 0.25) is 0 Å². The van der Waals surface area contributed by atoms with Crippen molar-refractivity contribution in [2.24, 2.45) is 5.92 Å². The van der Waals surface area contributed by atoms with Gasteiger partial charge in [-0.3, -0.25) is 24.1 Å². The molecule has 5 rings (SSSR count). The summed E-state index contributed by atoms with van der Waals surface area (Å²) in [4.78, 5) is 53.3. The lowest BCUT2D eigenvalue weighted by atomic mass is 9.80. The SMILES string of the molecule is CC(c1ccccc1)C1CC(=O)c2ccc3c4c(ccc(c24)C1=O)C(=O)N(C)C3=O. The van der Waals surface area contributed by atoms with E-state index >= 15 is 0 Å². The molecule has 1 aliphatic carbocycles. The number of rotatable bonds is 2. The molecule has 3 aromatic carbocycles. The van der Waals surface area contributed by atoms with Crippen LogP contribution in [-0.2, 0) is 0 Å². The summed E-state index contributed by atoms with van der Waals surface area (Å²) in [5, 5.41) is 0.866. The van der Waals surface area contributed by atoms with E-state index in [1.807, 2.05) is 37.3 Å². The van der Waals surface area contributed by atoms with Gasteiger partial charge in [0.1, 0.15) is 0 Å². The van der Waals surface area contributed by atoms with Crippen molar-refractivity contribution in [3.63, 3.8) is 0 Å². The summed E-state index contributed by atoms with van der Waals surface area (Å²) in [5.41, 5.74) is 2.52. The number of ketones is 2. The third-order valence-electron chi connectivity index (χ3n) is 6.47. The molecule has 5 heteroatoms. The second-order valence-electron chi connectivity index (χ2n) is 8.04. The first-order chi connectivity index (χ1) is 14.4. The highest BCUT2D eigenvalue weighted by molar-refractivity contribution is 6.31. The molecule has 0 aromatic heterocycles. The van der Waals surface area contributed by atoms with Crippen LogP contribution in [0.2, 0.25) is 0 Å². The number of amides is 2. The predicted molar refractivity (Wildman–Crippen MR) is 112 cm³/mol. The molecule has 0 spiro atoms. The Balaban J connectivity index is 1.75. The Morgan fingerprint density at radius 3 is 1.93 bits per heavy atom. The lowest BCUT2D eigenvalue weighted by Gasteiger charge is -2.25. The summed E-state index contributed by atoms with van der Waals surface area (Å²) in [6.07, 6.45) is 0.0924. The highest BCUT2D eigenvalue weighted by Gasteiger charge is 2.38. The maximum atomic E-state index is 13.6. The largest absolute Gasteiger partial charge is 0.294 e. The Morgan fingerprint density at radius 1 is 0.767 bits per heavy atom. The fraction of sp³-hybridized carbons (Fsp3) is 0.200. The lowest BCUT2D eigenvalue weighted by Crippen LogP contribution is -2.37. The molecule has 1 heterocycles. The van der Waals surface area contributed by atoms with Crippen LogP contribution in [0, 0.1) is 5.92 Å². The van der Waals surface area contributed by atoms with Crippen LogP contribution < -0.4 is 0 Å². The van der Waals surface area contributed by atoms with Crippen molar-refractivity contribution in [3.05, 3.63) is 82.4 Å². The van der Waals surface area contributed by atoms with Crippen LogP contribution in [0.4, 0.5) is 0 Å². The number of carbonyl (C=O) groups excluding carboxylic acids is 4. The summed E-state index contributed by atoms with van der Waals surface area (Å²) in [6, 6.07) is 16.1. The highest BCUT2D eigenvalue weighted by atomic mass is 16.2. The number of Topliss-reactive ketones (excluding diaryl/α,β-unsaturated/α-hetero) is 2. The van der Waals surface area contributed by atoms with Gasteiger partial charge in [-0.25, -0.2) is 0 Å². The molecule has 1 aliphatic heterocycles. The zero-order chi connectivity index (χ0) is 21.2. The van der Waals surface area contributed by atoms with Crippen LogP contribution in [0.1, 0.15) is 66.3 Å². The minimum atomic E-state index is -0.512. The zero-order valence-electron chi connectivity index (χ0n) is 16.6. The molecule has 0 radical (unpaired) electrons. The molecule has 2 amide bonds. The fourth-order valence-electron chi connectivity index (χ4n) is 4.74. The van der Waals surface area contributed by atoms with Gasteiger partial charge in [-0.1, -0.05) is 37.3 Å². The highest BCUT2D eigenvalue weighted by Crippen LogP contribution is 2.40. The Bertz CT molecular complexity index is 1250. The van der Waals surface area contributed by atoms with Gasteiger partial charge in [0, 0.05) is 52.4 Å². The van der Waals surface area contributed by atoms with Gasteiger partial charge in [0.25, 0.3) is 11.8 Å². The van der Waals surface area contributed by atoms with E-state index in [9.17, 15) is 19.2 Å². The molecular weight excluding hydrogens is 378 g/mol. The van der Waals surface area contributed by atoms with E-state index in [4.69, 9.17) is 0 Å². The molecule has 2 atom stereocenters. The minimum Gasteiger partial charge on any atom is -0.294 e. The number of benzene rings is 3. The van der Waals surface area contributed by atoms with Crippen molar-refractivity contribution in [1.29, 1.82) is 0 Å². The zero-order valence-corrected chi connectivity index (χ0v) is 16.6. The fourth-order valence-corrected chi connectivity index (χ4v) is 4.74. The van der Waals surface area contributed by atoms with Crippen molar-refractivity contribution in [1.82, 2.24) is 4.90 Å². The number of nitrogens with zero attached hydrogens (tertiary/aromatic N) is 1. The van der Waals surface area contributed by atoms with Crippen LogP contribution in [0.3, 0.4) is 0 Å². The first-order valence-electron chi connectivity index (χ1n) is 9.94. The van der Waals surface area contributed by atoms with Gasteiger partial charge in [0.05, 0.1) is 0 Å². The minimum absolute atomic E-state index is 0.0924. The standard InChI is InChI=1S/C25H19NO4/c1-13(14-6-4-3-5-7-14)19-12-20(27)15-8-10-17-22-18(25(30)26(2)24(17)29)11-9-16(21(15)22)23(19)28/h3-11,13,19H,12H2,1-2H3. The molecule has 0 saturated carbocycles. The Labute approximate surface area is 173 Å². The molecule has 2 aliphatic rings. The van der Waals surface area contributed by atoms with Gasteiger partial charge in [-0.2, -0.15) is 0 Å². The second-order valence-corrected chi connectivity index (χ2v) is 8.04. The third kappa shape index (κ3) is 2.41. The molecule has 0 saturated heterocycles. The topological polar surface area (TPSA) is 71.5 Å². The molecule has 5 nitrogen and oxygen atoms in total. The average Bonchev–Trinajstić information content (AvgIpc) is 2.88. The van der Waals surface area contributed by atoms with E-state index in [2.05, 4.69) is 0 Å². The summed E-state index contributed by atoms with van der Waals surface area (Å²) < 4.78 is 0. The van der Waals surface area contributed by atoms with E-state index in [1.54, 1.807) is 24.3 Å². The summed E-state index contributed by atoms with van der Waals surface area (Å²) in [6.45, 7) is 1.96. The van der Waals surface area contributed by atoms with Crippen LogP contribution >= 0.6 is 0 Å². The Morgan fingerprint density at radius 2 is 1.30 bits per heavy atom. The lowest BCUT2D eigenvalue weighted by molar-refractivity contribution is 0.0649. The van der Waals surface area contributed by atoms with E-state index in [0.29, 0.717) is 33.0 Å². The maximum Gasteiger partial charge on any atom is 0.261 e. The number of hydrogen-bond donors (Lipinski definition) is 0. The van der Waals surface area contributed by atoms with Gasteiger partial charge in [-0.15, -0.1) is 0 Å². The molecule has 0 fully saturated rings. The van der Waals surface area contributed by atoms with Gasteiger partial charge in [-0.05, 0) is 35.7 Å². The van der Waals surface area contributed by atoms with Crippen LogP contribution in [0.15, 0.2) is 54.6 Å². The average molecular weight is 397 g/mol. The predicted octanol–water partition coefficient (Wildman–Crippen LogP) is 4.25. The molecule has 30 heavy (non-hydrogen) atoms. The van der Waals surface area contributed by atoms with Crippen LogP contribution in [0.25, 0.3) is 10.8 Å². The molecule has 2 unspecified atom stereocenters.